The van der Waals surface area contributed by atoms with Gasteiger partial charge in [-0.05, 0) is 39.7 Å². The SMILES string of the molecule is OCc1ccccc1NCc1ccc(F)c(Br)c1. The first kappa shape index (κ1) is 13.1. The molecule has 2 aromatic rings. The van der Waals surface area contributed by atoms with Crippen LogP contribution in [0.25, 0.3) is 0 Å². The van der Waals surface area contributed by atoms with Crippen molar-refractivity contribution in [2.45, 2.75) is 13.2 Å². The van der Waals surface area contributed by atoms with Crippen LogP contribution in [-0.2, 0) is 13.2 Å². The van der Waals surface area contributed by atoms with Crippen LogP contribution in [0.5, 0.6) is 0 Å². The minimum absolute atomic E-state index is 0.00368. The van der Waals surface area contributed by atoms with Crippen LogP contribution in [0.1, 0.15) is 11.1 Å². The molecule has 94 valence electrons. The molecule has 0 saturated heterocycles. The fourth-order valence-electron chi connectivity index (χ4n) is 1.68. The average molecular weight is 310 g/mol. The van der Waals surface area contributed by atoms with Gasteiger partial charge in [-0.15, -0.1) is 0 Å². The number of hydrogen-bond donors (Lipinski definition) is 2. The highest BCUT2D eigenvalue weighted by Crippen LogP contribution is 2.19. The van der Waals surface area contributed by atoms with Gasteiger partial charge >= 0.3 is 0 Å². The van der Waals surface area contributed by atoms with E-state index in [1.807, 2.05) is 24.3 Å². The lowest BCUT2D eigenvalue weighted by molar-refractivity contribution is 0.282. The van der Waals surface area contributed by atoms with Crippen molar-refractivity contribution in [3.63, 3.8) is 0 Å². The minimum atomic E-state index is -0.269. The van der Waals surface area contributed by atoms with Crippen molar-refractivity contribution in [1.29, 1.82) is 0 Å². The molecule has 0 heterocycles. The molecule has 2 aromatic carbocycles. The van der Waals surface area contributed by atoms with E-state index in [0.29, 0.717) is 11.0 Å². The molecule has 0 spiro atoms. The minimum Gasteiger partial charge on any atom is -0.392 e. The van der Waals surface area contributed by atoms with Crippen LogP contribution in [0.4, 0.5) is 10.1 Å². The van der Waals surface area contributed by atoms with Gasteiger partial charge in [0, 0.05) is 17.8 Å². The summed E-state index contributed by atoms with van der Waals surface area (Å²) >= 11 is 3.16. The van der Waals surface area contributed by atoms with Gasteiger partial charge in [0.2, 0.25) is 0 Å². The van der Waals surface area contributed by atoms with E-state index in [9.17, 15) is 9.50 Å². The zero-order valence-corrected chi connectivity index (χ0v) is 11.2. The van der Waals surface area contributed by atoms with E-state index in [4.69, 9.17) is 0 Å². The van der Waals surface area contributed by atoms with Crippen molar-refractivity contribution in [3.05, 3.63) is 63.9 Å². The second-order valence-corrected chi connectivity index (χ2v) is 4.77. The first-order valence-electron chi connectivity index (χ1n) is 5.57. The number of benzene rings is 2. The molecule has 0 fully saturated rings. The van der Waals surface area contributed by atoms with Crippen LogP contribution in [0.15, 0.2) is 46.9 Å². The molecule has 18 heavy (non-hydrogen) atoms. The van der Waals surface area contributed by atoms with Gasteiger partial charge in [0.25, 0.3) is 0 Å². The van der Waals surface area contributed by atoms with E-state index < -0.39 is 0 Å². The number of anilines is 1. The fourth-order valence-corrected chi connectivity index (χ4v) is 2.10. The number of aliphatic hydroxyl groups is 1. The van der Waals surface area contributed by atoms with Gasteiger partial charge in [0.15, 0.2) is 0 Å². The van der Waals surface area contributed by atoms with Crippen molar-refractivity contribution in [3.8, 4) is 0 Å². The second kappa shape index (κ2) is 5.98. The van der Waals surface area contributed by atoms with E-state index in [2.05, 4.69) is 21.2 Å². The van der Waals surface area contributed by atoms with Crippen molar-refractivity contribution >= 4 is 21.6 Å². The zero-order chi connectivity index (χ0) is 13.0. The number of para-hydroxylation sites is 1. The summed E-state index contributed by atoms with van der Waals surface area (Å²) in [5.74, 6) is -0.269. The monoisotopic (exact) mass is 309 g/mol. The summed E-state index contributed by atoms with van der Waals surface area (Å²) in [5.41, 5.74) is 2.70. The molecule has 0 radical (unpaired) electrons. The Labute approximate surface area is 114 Å². The summed E-state index contributed by atoms with van der Waals surface area (Å²) in [6.45, 7) is 0.576. The number of nitrogens with one attached hydrogen (secondary N) is 1. The molecule has 2 N–H and O–H groups in total. The maximum absolute atomic E-state index is 13.1. The summed E-state index contributed by atoms with van der Waals surface area (Å²) in [6, 6.07) is 12.5. The van der Waals surface area contributed by atoms with Crippen molar-refractivity contribution < 1.29 is 9.50 Å². The largest absolute Gasteiger partial charge is 0.392 e. The van der Waals surface area contributed by atoms with Crippen LogP contribution < -0.4 is 5.32 Å². The molecule has 0 atom stereocenters. The lowest BCUT2D eigenvalue weighted by Crippen LogP contribution is -2.02. The number of aliphatic hydroxyl groups excluding tert-OH is 1. The lowest BCUT2D eigenvalue weighted by atomic mass is 10.1. The van der Waals surface area contributed by atoms with E-state index in [-0.39, 0.29) is 12.4 Å². The Bertz CT molecular complexity index is 545. The predicted octanol–water partition coefficient (Wildman–Crippen LogP) is 3.69. The molecule has 2 nitrogen and oxygen atoms in total. The molecule has 2 rings (SSSR count). The van der Waals surface area contributed by atoms with Crippen molar-refractivity contribution in [2.75, 3.05) is 5.32 Å². The molecular formula is C14H13BrFNO. The Morgan fingerprint density at radius 1 is 1.17 bits per heavy atom. The lowest BCUT2D eigenvalue weighted by Gasteiger charge is -2.10. The maximum atomic E-state index is 13.1. The first-order valence-corrected chi connectivity index (χ1v) is 6.36. The summed E-state index contributed by atoms with van der Waals surface area (Å²) in [5, 5.41) is 12.4. The maximum Gasteiger partial charge on any atom is 0.137 e. The standard InChI is InChI=1S/C14H13BrFNO/c15-12-7-10(5-6-13(12)16)8-17-14-4-2-1-3-11(14)9-18/h1-7,17-18H,8-9H2. The Morgan fingerprint density at radius 2 is 1.94 bits per heavy atom. The van der Waals surface area contributed by atoms with Gasteiger partial charge in [-0.25, -0.2) is 4.39 Å². The third-order valence-electron chi connectivity index (χ3n) is 2.65. The molecule has 0 aliphatic carbocycles. The van der Waals surface area contributed by atoms with Crippen LogP contribution >= 0.6 is 15.9 Å². The van der Waals surface area contributed by atoms with Gasteiger partial charge in [-0.3, -0.25) is 0 Å². The first-order chi connectivity index (χ1) is 8.70. The quantitative estimate of drug-likeness (QED) is 0.902. The van der Waals surface area contributed by atoms with E-state index >= 15 is 0 Å². The highest BCUT2D eigenvalue weighted by molar-refractivity contribution is 9.10. The molecule has 0 aromatic heterocycles. The summed E-state index contributed by atoms with van der Waals surface area (Å²) in [4.78, 5) is 0. The molecular weight excluding hydrogens is 297 g/mol. The Morgan fingerprint density at radius 3 is 2.67 bits per heavy atom. The summed E-state index contributed by atoms with van der Waals surface area (Å²) in [7, 11) is 0. The second-order valence-electron chi connectivity index (χ2n) is 3.92. The molecule has 0 bridgehead atoms. The number of halogens is 2. The van der Waals surface area contributed by atoms with Crippen LogP contribution in [0.3, 0.4) is 0 Å². The van der Waals surface area contributed by atoms with E-state index in [1.54, 1.807) is 12.1 Å². The summed E-state index contributed by atoms with van der Waals surface area (Å²) in [6.07, 6.45) is 0. The summed E-state index contributed by atoms with van der Waals surface area (Å²) < 4.78 is 13.5. The Hall–Kier alpha value is -1.39. The molecule has 0 aliphatic rings. The highest BCUT2D eigenvalue weighted by atomic mass is 79.9. The third-order valence-corrected chi connectivity index (χ3v) is 3.26. The number of rotatable bonds is 4. The van der Waals surface area contributed by atoms with Crippen LogP contribution in [0.2, 0.25) is 0 Å². The molecule has 4 heteroatoms. The molecule has 0 unspecified atom stereocenters. The highest BCUT2D eigenvalue weighted by Gasteiger charge is 2.02. The van der Waals surface area contributed by atoms with E-state index in [0.717, 1.165) is 16.8 Å². The molecule has 0 aliphatic heterocycles. The van der Waals surface area contributed by atoms with Gasteiger partial charge in [0.05, 0.1) is 11.1 Å². The normalized spacial score (nSPS) is 10.4. The number of hydrogen-bond acceptors (Lipinski definition) is 2. The Kier molecular flexibility index (Phi) is 4.33. The van der Waals surface area contributed by atoms with Gasteiger partial charge in [-0.2, -0.15) is 0 Å². The molecule has 0 saturated carbocycles. The zero-order valence-electron chi connectivity index (χ0n) is 9.66. The van der Waals surface area contributed by atoms with Gasteiger partial charge < -0.3 is 10.4 Å². The van der Waals surface area contributed by atoms with Gasteiger partial charge in [0.1, 0.15) is 5.82 Å². The van der Waals surface area contributed by atoms with Crippen molar-refractivity contribution in [2.24, 2.45) is 0 Å². The molecule has 0 amide bonds. The third kappa shape index (κ3) is 3.09. The average Bonchev–Trinajstić information content (AvgIpc) is 2.40. The van der Waals surface area contributed by atoms with Crippen LogP contribution in [-0.4, -0.2) is 5.11 Å². The van der Waals surface area contributed by atoms with Crippen LogP contribution in [0, 0.1) is 5.82 Å². The van der Waals surface area contributed by atoms with E-state index in [1.165, 1.54) is 6.07 Å². The Balaban J connectivity index is 2.09. The topological polar surface area (TPSA) is 32.3 Å². The smallest absolute Gasteiger partial charge is 0.137 e. The van der Waals surface area contributed by atoms with Crippen molar-refractivity contribution in [1.82, 2.24) is 0 Å². The fraction of sp³-hybridized carbons (Fsp3) is 0.143. The predicted molar refractivity (Wildman–Crippen MR) is 73.8 cm³/mol. The van der Waals surface area contributed by atoms with Gasteiger partial charge in [-0.1, -0.05) is 24.3 Å².